The predicted molar refractivity (Wildman–Crippen MR) is 123 cm³/mol. The molecule has 5 heterocycles. The smallest absolute Gasteiger partial charge is 0.253 e. The number of nitrogens with one attached hydrogen (secondary N) is 3. The zero-order valence-corrected chi connectivity index (χ0v) is 18.7. The predicted octanol–water partition coefficient (Wildman–Crippen LogP) is 2.56. The van der Waals surface area contributed by atoms with Crippen LogP contribution in [0.15, 0.2) is 18.3 Å². The lowest BCUT2D eigenvalue weighted by Gasteiger charge is -2.36. The Labute approximate surface area is 196 Å². The molecule has 0 spiro atoms. The van der Waals surface area contributed by atoms with E-state index in [0.29, 0.717) is 42.6 Å². The van der Waals surface area contributed by atoms with Crippen molar-refractivity contribution in [1.82, 2.24) is 15.6 Å². The van der Waals surface area contributed by atoms with Crippen LogP contribution in [0.25, 0.3) is 0 Å². The van der Waals surface area contributed by atoms with Gasteiger partial charge in [0.2, 0.25) is 0 Å². The molecule has 0 radical (unpaired) electrons. The molecule has 2 bridgehead atoms. The molecule has 178 valence electrons. The number of halogens is 2. The van der Waals surface area contributed by atoms with Crippen LogP contribution in [-0.4, -0.2) is 55.3 Å². The summed E-state index contributed by atoms with van der Waals surface area (Å²) in [6, 6.07) is 3.38. The van der Waals surface area contributed by atoms with Crippen molar-refractivity contribution in [1.29, 1.82) is 0 Å². The number of amides is 1. The van der Waals surface area contributed by atoms with Gasteiger partial charge in [-0.1, -0.05) is 0 Å². The monoisotopic (exact) mass is 467 g/mol. The molecular weight excluding hydrogens is 440 g/mol. The maximum Gasteiger partial charge on any atom is 0.253 e. The van der Waals surface area contributed by atoms with E-state index in [0.717, 1.165) is 37.2 Å². The van der Waals surface area contributed by atoms with Crippen LogP contribution in [-0.2, 0) is 6.42 Å². The Hall–Kier alpha value is -2.94. The van der Waals surface area contributed by atoms with Gasteiger partial charge in [0.25, 0.3) is 5.91 Å². The largest absolute Gasteiger partial charge is 0.488 e. The number of ether oxygens (including phenoxy) is 1. The van der Waals surface area contributed by atoms with Crippen molar-refractivity contribution < 1.29 is 18.3 Å². The van der Waals surface area contributed by atoms with Crippen LogP contribution in [0.2, 0.25) is 0 Å². The van der Waals surface area contributed by atoms with E-state index in [9.17, 15) is 4.79 Å². The minimum atomic E-state index is -0.507. The Morgan fingerprint density at radius 2 is 2.03 bits per heavy atom. The lowest BCUT2D eigenvalue weighted by molar-refractivity contribution is 0.0912. The zero-order valence-electron chi connectivity index (χ0n) is 18.7. The summed E-state index contributed by atoms with van der Waals surface area (Å²) >= 11 is 0. The van der Waals surface area contributed by atoms with E-state index in [-0.39, 0.29) is 35.9 Å². The van der Waals surface area contributed by atoms with Crippen LogP contribution in [0, 0.1) is 17.6 Å². The van der Waals surface area contributed by atoms with Crippen molar-refractivity contribution in [3.05, 3.63) is 46.7 Å². The van der Waals surface area contributed by atoms with E-state index >= 15 is 8.78 Å². The van der Waals surface area contributed by atoms with Crippen molar-refractivity contribution in [2.75, 3.05) is 36.5 Å². The van der Waals surface area contributed by atoms with E-state index in [1.165, 1.54) is 6.07 Å². The molecule has 1 amide bonds. The fraction of sp³-hybridized carbons (Fsp3) is 0.520. The molecule has 34 heavy (non-hydrogen) atoms. The topological polar surface area (TPSA) is 78.5 Å². The molecule has 3 unspecified atom stereocenters. The second-order valence-electron chi connectivity index (χ2n) is 10.4. The number of piperazine rings is 1. The first-order valence-electron chi connectivity index (χ1n) is 12.2. The molecule has 3 N–H and O–H groups in total. The van der Waals surface area contributed by atoms with Gasteiger partial charge in [-0.2, -0.15) is 0 Å². The lowest BCUT2D eigenvalue weighted by atomic mass is 9.99. The Kier molecular flexibility index (Phi) is 4.53. The standard InChI is InChI=1S/C25H27F2N5O2/c26-20-6-21(32-9-14-1-2-15(10-32)30-14)22(27)23-19(20)5-16(11-34-23)31-25(33)13-4-18-17-3-12(17)7-28-24(18)29-8-13/h4,6,8,12,14-17,30H,1-3,5,7,9-11H2,(H,28,29)(H,31,33)/t12-,14?,15?,16?,17-/m0/s1. The molecule has 9 heteroatoms. The normalized spacial score (nSPS) is 30.4. The third-order valence-electron chi connectivity index (χ3n) is 8.06. The third kappa shape index (κ3) is 3.32. The number of rotatable bonds is 3. The number of anilines is 2. The molecule has 1 saturated carbocycles. The molecule has 3 fully saturated rings. The van der Waals surface area contributed by atoms with Crippen molar-refractivity contribution >= 4 is 17.4 Å². The number of pyridine rings is 1. The van der Waals surface area contributed by atoms with E-state index in [2.05, 4.69) is 20.9 Å². The SMILES string of the molecule is O=C(NC1COc2c(F)c(N3CC4CCC(C3)N4)cc(F)c2C1)c1cnc2c(c1)[C@H]1C[C@H]1CN2. The van der Waals surface area contributed by atoms with Gasteiger partial charge in [0.15, 0.2) is 11.6 Å². The number of hydrogen-bond donors (Lipinski definition) is 3. The maximum atomic E-state index is 15.4. The second-order valence-corrected chi connectivity index (χ2v) is 10.4. The number of benzene rings is 1. The van der Waals surface area contributed by atoms with Gasteiger partial charge in [-0.25, -0.2) is 13.8 Å². The van der Waals surface area contributed by atoms with Gasteiger partial charge in [0.1, 0.15) is 18.2 Å². The third-order valence-corrected chi connectivity index (χ3v) is 8.06. The van der Waals surface area contributed by atoms with Crippen LogP contribution >= 0.6 is 0 Å². The highest BCUT2D eigenvalue weighted by atomic mass is 19.1. The van der Waals surface area contributed by atoms with Gasteiger partial charge < -0.3 is 25.6 Å². The average Bonchev–Trinajstić information content (AvgIpc) is 3.58. The number of fused-ring (bicyclic) bond motifs is 6. The van der Waals surface area contributed by atoms with E-state index < -0.39 is 17.7 Å². The van der Waals surface area contributed by atoms with E-state index in [1.54, 1.807) is 6.20 Å². The minimum Gasteiger partial charge on any atom is -0.488 e. The fourth-order valence-electron chi connectivity index (χ4n) is 6.16. The summed E-state index contributed by atoms with van der Waals surface area (Å²) in [7, 11) is 0. The average molecular weight is 468 g/mol. The highest BCUT2D eigenvalue weighted by molar-refractivity contribution is 5.94. The molecule has 1 aliphatic carbocycles. The van der Waals surface area contributed by atoms with Crippen molar-refractivity contribution in [2.24, 2.45) is 5.92 Å². The molecule has 7 nitrogen and oxygen atoms in total. The van der Waals surface area contributed by atoms with E-state index in [1.807, 2.05) is 11.0 Å². The van der Waals surface area contributed by atoms with Gasteiger partial charge in [-0.15, -0.1) is 0 Å². The molecule has 7 rings (SSSR count). The molecule has 5 atom stereocenters. The van der Waals surface area contributed by atoms with Gasteiger partial charge in [0, 0.05) is 56.0 Å². The zero-order chi connectivity index (χ0) is 23.0. The molecule has 2 saturated heterocycles. The molecule has 1 aromatic carbocycles. The maximum absolute atomic E-state index is 15.4. The summed E-state index contributed by atoms with van der Waals surface area (Å²) < 4.78 is 36.2. The Morgan fingerprint density at radius 3 is 2.85 bits per heavy atom. The minimum absolute atomic E-state index is 0.0207. The Balaban J connectivity index is 1.08. The number of nitrogens with zero attached hydrogens (tertiary/aromatic N) is 2. The highest BCUT2D eigenvalue weighted by Crippen LogP contribution is 2.52. The summed E-state index contributed by atoms with van der Waals surface area (Å²) in [6.45, 7) is 2.36. The summed E-state index contributed by atoms with van der Waals surface area (Å²) in [4.78, 5) is 19.3. The molecular formula is C25H27F2N5O2. The number of hydrogen-bond acceptors (Lipinski definition) is 6. The quantitative estimate of drug-likeness (QED) is 0.644. The second kappa shape index (κ2) is 7.53. The summed E-state index contributed by atoms with van der Waals surface area (Å²) in [5, 5.41) is 9.75. The van der Waals surface area contributed by atoms with Crippen molar-refractivity contribution in [3.63, 3.8) is 0 Å². The highest BCUT2D eigenvalue weighted by Gasteiger charge is 2.43. The van der Waals surface area contributed by atoms with Crippen molar-refractivity contribution in [3.8, 4) is 5.75 Å². The first kappa shape index (κ1) is 20.4. The van der Waals surface area contributed by atoms with Gasteiger partial charge in [-0.05, 0) is 42.7 Å². The van der Waals surface area contributed by atoms with Crippen LogP contribution in [0.1, 0.15) is 46.7 Å². The number of carbonyl (C=O) groups is 1. The van der Waals surface area contributed by atoms with Crippen LogP contribution in [0.4, 0.5) is 20.3 Å². The van der Waals surface area contributed by atoms with Crippen LogP contribution in [0.5, 0.6) is 5.75 Å². The summed E-state index contributed by atoms with van der Waals surface area (Å²) in [5.41, 5.74) is 2.03. The number of aromatic nitrogens is 1. The van der Waals surface area contributed by atoms with Gasteiger partial charge in [0.05, 0.1) is 17.3 Å². The summed E-state index contributed by atoms with van der Waals surface area (Å²) in [6.07, 6.45) is 5.00. The molecule has 2 aromatic rings. The van der Waals surface area contributed by atoms with Gasteiger partial charge >= 0.3 is 0 Å². The molecule has 4 aliphatic heterocycles. The first-order chi connectivity index (χ1) is 16.5. The Bertz CT molecular complexity index is 1180. The summed E-state index contributed by atoms with van der Waals surface area (Å²) in [5.74, 6) is 0.687. The van der Waals surface area contributed by atoms with Crippen LogP contribution in [0.3, 0.4) is 0 Å². The van der Waals surface area contributed by atoms with Crippen LogP contribution < -0.4 is 25.6 Å². The van der Waals surface area contributed by atoms with E-state index in [4.69, 9.17) is 4.74 Å². The molecule has 5 aliphatic rings. The number of carbonyl (C=O) groups excluding carboxylic acids is 1. The first-order valence-corrected chi connectivity index (χ1v) is 12.2. The van der Waals surface area contributed by atoms with Crippen molar-refractivity contribution in [2.45, 2.75) is 49.7 Å². The Morgan fingerprint density at radius 1 is 1.21 bits per heavy atom. The lowest BCUT2D eigenvalue weighted by Crippen LogP contribution is -2.51. The fourth-order valence-corrected chi connectivity index (χ4v) is 6.16. The molecule has 1 aromatic heterocycles. The van der Waals surface area contributed by atoms with Gasteiger partial charge in [-0.3, -0.25) is 4.79 Å².